The molecule has 0 radical (unpaired) electrons. The summed E-state index contributed by atoms with van der Waals surface area (Å²) in [7, 11) is 0. The van der Waals surface area contributed by atoms with Crippen molar-refractivity contribution in [3.05, 3.63) is 61.8 Å². The number of rotatable bonds is 2. The summed E-state index contributed by atoms with van der Waals surface area (Å²) in [4.78, 5) is 25.3. The van der Waals surface area contributed by atoms with E-state index < -0.39 is 5.91 Å². The van der Waals surface area contributed by atoms with Crippen molar-refractivity contribution in [1.82, 2.24) is 4.98 Å². The zero-order valence-electron chi connectivity index (χ0n) is 9.04. The van der Waals surface area contributed by atoms with E-state index in [-0.39, 0.29) is 17.1 Å². The summed E-state index contributed by atoms with van der Waals surface area (Å²) in [5, 5.41) is 2.60. The molecule has 1 amide bonds. The van der Waals surface area contributed by atoms with Crippen molar-refractivity contribution in [3.63, 3.8) is 0 Å². The largest absolute Gasteiger partial charge is 0.320 e. The van der Waals surface area contributed by atoms with Crippen LogP contribution in [0.2, 0.25) is 0 Å². The molecule has 0 fully saturated rings. The van der Waals surface area contributed by atoms with Crippen LogP contribution in [0.15, 0.2) is 41.2 Å². The van der Waals surface area contributed by atoms with Crippen LogP contribution in [0.25, 0.3) is 0 Å². The highest BCUT2D eigenvalue weighted by Gasteiger charge is 2.09. The average molecular weight is 358 g/mol. The highest BCUT2D eigenvalue weighted by atomic mass is 127. The Labute approximate surface area is 115 Å². The van der Waals surface area contributed by atoms with Crippen molar-refractivity contribution in [2.24, 2.45) is 0 Å². The fraction of sp³-hybridized carbons (Fsp3) is 0. The molecule has 1 heterocycles. The number of aromatic amines is 1. The van der Waals surface area contributed by atoms with Gasteiger partial charge in [0, 0.05) is 9.64 Å². The molecule has 0 atom stereocenters. The predicted octanol–water partition coefficient (Wildman–Crippen LogP) is 2.37. The maximum absolute atomic E-state index is 12.9. The van der Waals surface area contributed by atoms with Gasteiger partial charge in [0.1, 0.15) is 11.5 Å². The third kappa shape index (κ3) is 2.95. The number of H-pyrrole nitrogens is 1. The number of nitrogens with one attached hydrogen (secondary N) is 2. The predicted molar refractivity (Wildman–Crippen MR) is 74.1 cm³/mol. The zero-order valence-corrected chi connectivity index (χ0v) is 11.2. The van der Waals surface area contributed by atoms with E-state index >= 15 is 0 Å². The van der Waals surface area contributed by atoms with Gasteiger partial charge in [-0.2, -0.15) is 0 Å². The van der Waals surface area contributed by atoms with Gasteiger partial charge in [-0.1, -0.05) is 6.07 Å². The molecule has 4 nitrogen and oxygen atoms in total. The normalized spacial score (nSPS) is 10.1. The van der Waals surface area contributed by atoms with Crippen LogP contribution < -0.4 is 10.9 Å². The Morgan fingerprint density at radius 3 is 2.72 bits per heavy atom. The van der Waals surface area contributed by atoms with Crippen molar-refractivity contribution >= 4 is 34.2 Å². The molecule has 0 aliphatic carbocycles. The van der Waals surface area contributed by atoms with Gasteiger partial charge in [0.2, 0.25) is 5.56 Å². The van der Waals surface area contributed by atoms with Gasteiger partial charge >= 0.3 is 0 Å². The number of aromatic nitrogens is 1. The van der Waals surface area contributed by atoms with Crippen LogP contribution >= 0.6 is 22.6 Å². The molecule has 6 heteroatoms. The molecule has 0 saturated heterocycles. The molecule has 18 heavy (non-hydrogen) atoms. The van der Waals surface area contributed by atoms with E-state index in [1.807, 2.05) is 22.6 Å². The summed E-state index contributed by atoms with van der Waals surface area (Å²) in [6.45, 7) is 0. The summed E-state index contributed by atoms with van der Waals surface area (Å²) in [6, 6.07) is 8.33. The second kappa shape index (κ2) is 5.30. The minimum atomic E-state index is -0.447. The van der Waals surface area contributed by atoms with Gasteiger partial charge in [-0.3, -0.25) is 9.59 Å². The molecule has 2 rings (SSSR count). The van der Waals surface area contributed by atoms with Crippen LogP contribution in [0, 0.1) is 9.39 Å². The number of hydrogen-bond acceptors (Lipinski definition) is 2. The first kappa shape index (κ1) is 12.7. The van der Waals surface area contributed by atoms with E-state index in [1.165, 1.54) is 36.4 Å². The first-order chi connectivity index (χ1) is 8.56. The van der Waals surface area contributed by atoms with Gasteiger partial charge in [-0.25, -0.2) is 4.39 Å². The van der Waals surface area contributed by atoms with E-state index in [0.29, 0.717) is 9.26 Å². The first-order valence-electron chi connectivity index (χ1n) is 5.02. The number of halogens is 2. The van der Waals surface area contributed by atoms with Crippen LogP contribution in [0.5, 0.6) is 0 Å². The van der Waals surface area contributed by atoms with E-state index in [9.17, 15) is 14.0 Å². The van der Waals surface area contributed by atoms with Crippen LogP contribution in [0.4, 0.5) is 10.1 Å². The molecule has 0 aliphatic heterocycles. The number of carbonyl (C=O) groups excluding carboxylic acids is 1. The highest BCUT2D eigenvalue weighted by molar-refractivity contribution is 14.1. The number of benzene rings is 1. The zero-order chi connectivity index (χ0) is 13.1. The fourth-order valence-corrected chi connectivity index (χ4v) is 1.97. The minimum Gasteiger partial charge on any atom is -0.320 e. The van der Waals surface area contributed by atoms with Gasteiger partial charge in [0.25, 0.3) is 5.91 Å². The molecular weight excluding hydrogens is 350 g/mol. The third-order valence-electron chi connectivity index (χ3n) is 2.19. The van der Waals surface area contributed by atoms with E-state index in [0.717, 1.165) is 0 Å². The Morgan fingerprint density at radius 2 is 2.06 bits per heavy atom. The first-order valence-corrected chi connectivity index (χ1v) is 6.10. The molecule has 0 unspecified atom stereocenters. The summed E-state index contributed by atoms with van der Waals surface area (Å²) in [5.74, 6) is -0.817. The lowest BCUT2D eigenvalue weighted by atomic mass is 10.3. The van der Waals surface area contributed by atoms with Crippen LogP contribution in [0.3, 0.4) is 0 Å². The van der Waals surface area contributed by atoms with Crippen LogP contribution in [-0.2, 0) is 0 Å². The summed E-state index contributed by atoms with van der Waals surface area (Å²) >= 11 is 1.92. The summed E-state index contributed by atoms with van der Waals surface area (Å²) < 4.78 is 13.5. The Bertz CT molecular complexity index is 655. The van der Waals surface area contributed by atoms with Crippen molar-refractivity contribution in [2.45, 2.75) is 0 Å². The van der Waals surface area contributed by atoms with E-state index in [2.05, 4.69) is 10.3 Å². The summed E-state index contributed by atoms with van der Waals surface area (Å²) in [5.41, 5.74) is 0.297. The Kier molecular flexibility index (Phi) is 3.75. The van der Waals surface area contributed by atoms with Gasteiger partial charge < -0.3 is 10.3 Å². The minimum absolute atomic E-state index is 0.155. The van der Waals surface area contributed by atoms with Crippen molar-refractivity contribution in [3.8, 4) is 0 Å². The molecule has 1 aromatic heterocycles. The molecule has 0 saturated carbocycles. The van der Waals surface area contributed by atoms with Gasteiger partial charge in [-0.05, 0) is 46.9 Å². The molecule has 0 aliphatic rings. The monoisotopic (exact) mass is 358 g/mol. The standard InChI is InChI=1S/C12H8FIN2O2/c13-7-4-5-9(8(14)6-7)16-12(18)10-2-1-3-11(17)15-10/h1-6H,(H,15,17)(H,16,18). The molecule has 0 spiro atoms. The van der Waals surface area contributed by atoms with E-state index in [4.69, 9.17) is 0 Å². The molecule has 2 N–H and O–H groups in total. The summed E-state index contributed by atoms with van der Waals surface area (Å²) in [6.07, 6.45) is 0. The fourth-order valence-electron chi connectivity index (χ4n) is 1.36. The highest BCUT2D eigenvalue weighted by Crippen LogP contribution is 2.19. The Hall–Kier alpha value is -1.70. The number of anilines is 1. The van der Waals surface area contributed by atoms with Crippen LogP contribution in [0.1, 0.15) is 10.5 Å². The van der Waals surface area contributed by atoms with Crippen molar-refractivity contribution < 1.29 is 9.18 Å². The number of hydrogen-bond donors (Lipinski definition) is 2. The lowest BCUT2D eigenvalue weighted by Gasteiger charge is -2.07. The molecule has 0 bridgehead atoms. The lowest BCUT2D eigenvalue weighted by molar-refractivity contribution is 0.102. The lowest BCUT2D eigenvalue weighted by Crippen LogP contribution is -2.18. The third-order valence-corrected chi connectivity index (χ3v) is 3.08. The van der Waals surface area contributed by atoms with Gasteiger partial charge in [0.05, 0.1) is 5.69 Å². The smallest absolute Gasteiger partial charge is 0.272 e. The van der Waals surface area contributed by atoms with Gasteiger partial charge in [-0.15, -0.1) is 0 Å². The number of pyridine rings is 1. The number of carbonyl (C=O) groups is 1. The topological polar surface area (TPSA) is 62.0 Å². The maximum atomic E-state index is 12.9. The van der Waals surface area contributed by atoms with Crippen molar-refractivity contribution in [2.75, 3.05) is 5.32 Å². The number of amides is 1. The second-order valence-electron chi connectivity index (χ2n) is 3.51. The molecule has 2 aromatic rings. The average Bonchev–Trinajstić information content (AvgIpc) is 2.32. The quantitative estimate of drug-likeness (QED) is 0.810. The molecular formula is C12H8FIN2O2. The van der Waals surface area contributed by atoms with Crippen LogP contribution in [-0.4, -0.2) is 10.9 Å². The maximum Gasteiger partial charge on any atom is 0.272 e. The Morgan fingerprint density at radius 1 is 1.28 bits per heavy atom. The van der Waals surface area contributed by atoms with Crippen molar-refractivity contribution in [1.29, 1.82) is 0 Å². The van der Waals surface area contributed by atoms with E-state index in [1.54, 1.807) is 0 Å². The SMILES string of the molecule is O=C(Nc1ccc(F)cc1I)c1cccc(=O)[nH]1. The second-order valence-corrected chi connectivity index (χ2v) is 4.67. The Balaban J connectivity index is 2.24. The molecule has 1 aromatic carbocycles. The molecule has 92 valence electrons. The van der Waals surface area contributed by atoms with Gasteiger partial charge in [0.15, 0.2) is 0 Å².